The Kier molecular flexibility index (Phi) is 4.72. The van der Waals surface area contributed by atoms with Gasteiger partial charge in [0, 0.05) is 0 Å². The van der Waals surface area contributed by atoms with Gasteiger partial charge in [0.1, 0.15) is 0 Å². The molecule has 2 heterocycles. The summed E-state index contributed by atoms with van der Waals surface area (Å²) in [6.07, 6.45) is 2.10. The molecule has 0 spiro atoms. The van der Waals surface area contributed by atoms with Gasteiger partial charge < -0.3 is 0 Å². The second-order valence-electron chi connectivity index (χ2n) is 5.95. The van der Waals surface area contributed by atoms with Gasteiger partial charge in [-0.25, -0.2) is 0 Å². The van der Waals surface area contributed by atoms with Crippen LogP contribution >= 0.6 is 23.4 Å². The third-order valence-corrected chi connectivity index (χ3v) is 6.82. The minimum atomic E-state index is -0.443. The summed E-state index contributed by atoms with van der Waals surface area (Å²) in [5, 5.41) is 0.0815. The molecule has 2 unspecified atom stereocenters. The molecule has 2 atom stereocenters. The van der Waals surface area contributed by atoms with Gasteiger partial charge in [0.15, 0.2) is 0 Å². The van der Waals surface area contributed by atoms with Crippen molar-refractivity contribution < 1.29 is 8.78 Å². The molecular weight excluding hydrogens is 437 g/mol. The molecular formula is C19H14AsClF2N2S. The first-order valence-corrected chi connectivity index (χ1v) is 10.3. The van der Waals surface area contributed by atoms with Gasteiger partial charge in [0.25, 0.3) is 0 Å². The number of anilines is 1. The number of amidine groups is 1. The Morgan fingerprint density at radius 2 is 1.88 bits per heavy atom. The fraction of sp³-hybridized carbons (Fsp3) is 0.105. The Bertz CT molecular complexity index is 986. The predicted molar refractivity (Wildman–Crippen MR) is 108 cm³/mol. The predicted octanol–water partition coefficient (Wildman–Crippen LogP) is 4.82. The van der Waals surface area contributed by atoms with Gasteiger partial charge in [-0.05, 0) is 0 Å². The Labute approximate surface area is 168 Å². The Hall–Kier alpha value is -1.55. The summed E-state index contributed by atoms with van der Waals surface area (Å²) in [5.74, 6) is 0.138. The van der Waals surface area contributed by atoms with Crippen molar-refractivity contribution >= 4 is 56.6 Å². The minimum absolute atomic E-state index is 0.00374. The summed E-state index contributed by atoms with van der Waals surface area (Å²) in [5.41, 5.74) is 2.87. The molecule has 0 fully saturated rings. The third-order valence-electron chi connectivity index (χ3n) is 4.26. The summed E-state index contributed by atoms with van der Waals surface area (Å²) in [4.78, 5) is 7.79. The Balaban J connectivity index is 1.74. The third kappa shape index (κ3) is 3.13. The Morgan fingerprint density at radius 3 is 2.58 bits per heavy atom. The van der Waals surface area contributed by atoms with E-state index in [1.807, 2.05) is 6.92 Å². The molecule has 2 nitrogen and oxygen atoms in total. The standard InChI is InChI=1S/C19H14AsClF2N2S/c1-10-24-18(20)14-9-17(11-2-4-12(22)5-3-11)26-19(14)25(10)13-6-7-16(23)15(21)8-13/h2-9,19H,20H2,1H3. The molecule has 0 bridgehead atoms. The van der Waals surface area contributed by atoms with E-state index in [1.54, 1.807) is 36.0 Å². The number of hydrogen-bond donors (Lipinski definition) is 0. The average Bonchev–Trinajstić information content (AvgIpc) is 3.04. The molecule has 2 aromatic carbocycles. The van der Waals surface area contributed by atoms with Gasteiger partial charge in [-0.1, -0.05) is 0 Å². The Morgan fingerprint density at radius 1 is 1.15 bits per heavy atom. The molecule has 0 aromatic heterocycles. The SMILES string of the molecule is CC1=NC([AsH2])=C2C=C(c3ccc(F)cc3)SC2N1c1ccc(F)c(Cl)c1. The number of rotatable bonds is 2. The number of halogens is 3. The van der Waals surface area contributed by atoms with E-state index in [-0.39, 0.29) is 16.2 Å². The summed E-state index contributed by atoms with van der Waals surface area (Å²) < 4.78 is 27.8. The number of thioether (sulfide) groups is 1. The molecule has 2 aromatic rings. The molecule has 0 saturated heterocycles. The quantitative estimate of drug-likeness (QED) is 0.610. The molecule has 7 heteroatoms. The molecule has 0 N–H and O–H groups in total. The van der Waals surface area contributed by atoms with Crippen molar-refractivity contribution in [2.75, 3.05) is 4.90 Å². The van der Waals surface area contributed by atoms with Crippen molar-refractivity contribution in [1.29, 1.82) is 0 Å². The maximum atomic E-state index is 13.6. The molecule has 26 heavy (non-hydrogen) atoms. The van der Waals surface area contributed by atoms with Crippen LogP contribution in [-0.4, -0.2) is 28.1 Å². The van der Waals surface area contributed by atoms with Crippen LogP contribution < -0.4 is 4.90 Å². The van der Waals surface area contributed by atoms with Crippen LogP contribution in [0.15, 0.2) is 63.6 Å². The maximum absolute atomic E-state index is 13.6. The average molecular weight is 451 g/mol. The molecule has 4 rings (SSSR count). The van der Waals surface area contributed by atoms with Crippen LogP contribution in [0.25, 0.3) is 4.91 Å². The fourth-order valence-electron chi connectivity index (χ4n) is 3.01. The zero-order valence-corrected chi connectivity index (χ0v) is 17.7. The molecule has 0 amide bonds. The van der Waals surface area contributed by atoms with E-state index in [2.05, 4.69) is 16.0 Å². The summed E-state index contributed by atoms with van der Waals surface area (Å²) >= 11 is 9.12. The molecule has 0 radical (unpaired) electrons. The zero-order chi connectivity index (χ0) is 18.4. The first-order chi connectivity index (χ1) is 12.4. The van der Waals surface area contributed by atoms with Gasteiger partial charge >= 0.3 is 168 Å². The van der Waals surface area contributed by atoms with Crippen LogP contribution in [-0.2, 0) is 0 Å². The molecule has 0 aliphatic carbocycles. The van der Waals surface area contributed by atoms with E-state index in [4.69, 9.17) is 11.6 Å². The number of benzene rings is 2. The second-order valence-corrected chi connectivity index (χ2v) is 8.63. The molecule has 2 aliphatic heterocycles. The van der Waals surface area contributed by atoms with Crippen LogP contribution in [0.5, 0.6) is 0 Å². The van der Waals surface area contributed by atoms with E-state index in [9.17, 15) is 8.78 Å². The van der Waals surface area contributed by atoms with E-state index in [0.717, 1.165) is 32.0 Å². The number of hydrogen-bond acceptors (Lipinski definition) is 3. The number of fused-ring (bicyclic) bond motifs is 1. The van der Waals surface area contributed by atoms with E-state index >= 15 is 0 Å². The second kappa shape index (κ2) is 6.88. The monoisotopic (exact) mass is 450 g/mol. The topological polar surface area (TPSA) is 15.6 Å². The van der Waals surface area contributed by atoms with Crippen molar-refractivity contribution in [1.82, 2.24) is 0 Å². The van der Waals surface area contributed by atoms with Crippen molar-refractivity contribution in [2.24, 2.45) is 4.99 Å². The van der Waals surface area contributed by atoms with Gasteiger partial charge in [0.2, 0.25) is 0 Å². The molecule has 0 saturated carbocycles. The van der Waals surface area contributed by atoms with Gasteiger partial charge in [-0.3, -0.25) is 0 Å². The van der Waals surface area contributed by atoms with Crippen LogP contribution in [0.1, 0.15) is 12.5 Å². The van der Waals surface area contributed by atoms with Gasteiger partial charge in [-0.2, -0.15) is 0 Å². The van der Waals surface area contributed by atoms with Crippen LogP contribution in [0.3, 0.4) is 0 Å². The van der Waals surface area contributed by atoms with E-state index in [1.165, 1.54) is 35.1 Å². The number of nitrogens with zero attached hydrogens (tertiary/aromatic N) is 2. The normalized spacial score (nSPS) is 19.4. The fourth-order valence-corrected chi connectivity index (χ4v) is 5.74. The van der Waals surface area contributed by atoms with Crippen molar-refractivity contribution in [3.05, 3.63) is 80.8 Å². The molecule has 2 aliphatic rings. The van der Waals surface area contributed by atoms with Crippen molar-refractivity contribution in [3.8, 4) is 0 Å². The zero-order valence-electron chi connectivity index (χ0n) is 13.7. The first kappa shape index (κ1) is 17.8. The van der Waals surface area contributed by atoms with Crippen LogP contribution in [0.4, 0.5) is 14.5 Å². The molecule has 132 valence electrons. The van der Waals surface area contributed by atoms with Crippen molar-refractivity contribution in [3.63, 3.8) is 0 Å². The van der Waals surface area contributed by atoms with E-state index < -0.39 is 5.82 Å². The van der Waals surface area contributed by atoms with E-state index in [0.29, 0.717) is 0 Å². The van der Waals surface area contributed by atoms with Crippen LogP contribution in [0, 0.1) is 11.6 Å². The summed E-state index contributed by atoms with van der Waals surface area (Å²) in [6, 6.07) is 11.2. The van der Waals surface area contributed by atoms with Gasteiger partial charge in [0.05, 0.1) is 0 Å². The number of aliphatic imine (C=N–C) groups is 1. The first-order valence-electron chi connectivity index (χ1n) is 7.87. The van der Waals surface area contributed by atoms with Crippen LogP contribution in [0.2, 0.25) is 5.02 Å². The summed E-state index contributed by atoms with van der Waals surface area (Å²) in [7, 11) is 0. The van der Waals surface area contributed by atoms with Gasteiger partial charge in [-0.15, -0.1) is 0 Å². The van der Waals surface area contributed by atoms with Crippen molar-refractivity contribution in [2.45, 2.75) is 12.3 Å². The summed E-state index contributed by atoms with van der Waals surface area (Å²) in [6.45, 7) is 1.93.